The van der Waals surface area contributed by atoms with Gasteiger partial charge in [0.25, 0.3) is 0 Å². The second-order valence-electron chi connectivity index (χ2n) is 6.71. The summed E-state index contributed by atoms with van der Waals surface area (Å²) in [6.07, 6.45) is 1.71. The summed E-state index contributed by atoms with van der Waals surface area (Å²) in [5, 5.41) is 3.06. The Bertz CT molecular complexity index is 749. The fourth-order valence-corrected chi connectivity index (χ4v) is 3.95. The minimum Gasteiger partial charge on any atom is -0.497 e. The third-order valence-electron chi connectivity index (χ3n) is 5.38. The second kappa shape index (κ2) is 5.95. The number of carbonyl (C=O) groups is 1. The Kier molecular flexibility index (Phi) is 3.77. The van der Waals surface area contributed by atoms with Gasteiger partial charge >= 0.3 is 0 Å². The van der Waals surface area contributed by atoms with Crippen molar-refractivity contribution in [2.75, 3.05) is 25.5 Å². The van der Waals surface area contributed by atoms with Gasteiger partial charge in [0.1, 0.15) is 5.75 Å². The zero-order valence-corrected chi connectivity index (χ0v) is 13.9. The van der Waals surface area contributed by atoms with Gasteiger partial charge in [-0.3, -0.25) is 9.69 Å². The van der Waals surface area contributed by atoms with E-state index in [1.807, 2.05) is 24.3 Å². The molecule has 0 bridgehead atoms. The third kappa shape index (κ3) is 2.47. The molecule has 2 aliphatic rings. The van der Waals surface area contributed by atoms with Crippen LogP contribution in [0.25, 0.3) is 0 Å². The SMILES string of the molecule is COc1ccc2c(c1)C1(CCN(Cc3ccccc3)CC1)C(=O)N2. The normalized spacial score (nSPS) is 19.1. The first-order chi connectivity index (χ1) is 11.7. The van der Waals surface area contributed by atoms with Crippen LogP contribution in [-0.4, -0.2) is 31.0 Å². The molecule has 24 heavy (non-hydrogen) atoms. The van der Waals surface area contributed by atoms with Crippen LogP contribution in [0.5, 0.6) is 5.75 Å². The summed E-state index contributed by atoms with van der Waals surface area (Å²) in [7, 11) is 1.67. The summed E-state index contributed by atoms with van der Waals surface area (Å²) in [5.74, 6) is 0.960. The molecule has 0 unspecified atom stereocenters. The molecule has 1 N–H and O–H groups in total. The van der Waals surface area contributed by atoms with Crippen molar-refractivity contribution in [2.45, 2.75) is 24.8 Å². The minimum atomic E-state index is -0.392. The first-order valence-corrected chi connectivity index (χ1v) is 8.47. The summed E-state index contributed by atoms with van der Waals surface area (Å²) < 4.78 is 5.36. The topological polar surface area (TPSA) is 41.6 Å². The van der Waals surface area contributed by atoms with Crippen LogP contribution in [-0.2, 0) is 16.8 Å². The van der Waals surface area contributed by atoms with Gasteiger partial charge in [-0.05, 0) is 55.3 Å². The lowest BCUT2D eigenvalue weighted by molar-refractivity contribution is -0.122. The predicted octanol–water partition coefficient (Wildman–Crippen LogP) is 3.18. The van der Waals surface area contributed by atoms with Crippen LogP contribution in [0.4, 0.5) is 5.69 Å². The number of carbonyl (C=O) groups excluding carboxylic acids is 1. The number of piperidine rings is 1. The first kappa shape index (κ1) is 15.2. The molecule has 1 amide bonds. The number of benzene rings is 2. The van der Waals surface area contributed by atoms with Gasteiger partial charge in [-0.15, -0.1) is 0 Å². The summed E-state index contributed by atoms with van der Waals surface area (Å²) in [5.41, 5.74) is 2.98. The van der Waals surface area contributed by atoms with Crippen LogP contribution in [0, 0.1) is 0 Å². The van der Waals surface area contributed by atoms with Crippen LogP contribution in [0.1, 0.15) is 24.0 Å². The molecule has 0 saturated carbocycles. The van der Waals surface area contributed by atoms with E-state index in [2.05, 4.69) is 34.5 Å². The maximum atomic E-state index is 12.7. The van der Waals surface area contributed by atoms with E-state index in [1.165, 1.54) is 5.56 Å². The maximum Gasteiger partial charge on any atom is 0.235 e. The Hall–Kier alpha value is -2.33. The molecular formula is C20H22N2O2. The molecule has 0 atom stereocenters. The average Bonchev–Trinajstić information content (AvgIpc) is 2.89. The minimum absolute atomic E-state index is 0.144. The standard InChI is InChI=1S/C20H22N2O2/c1-24-16-7-8-18-17(13-16)20(19(23)21-18)9-11-22(12-10-20)14-15-5-3-2-4-6-15/h2-8,13H,9-12,14H2,1H3,(H,21,23). The molecule has 2 heterocycles. The molecule has 4 heteroatoms. The van der Waals surface area contributed by atoms with Gasteiger partial charge < -0.3 is 10.1 Å². The Morgan fingerprint density at radius 3 is 2.58 bits per heavy atom. The van der Waals surface area contributed by atoms with E-state index in [1.54, 1.807) is 7.11 Å². The van der Waals surface area contributed by atoms with Crippen LogP contribution in [0.3, 0.4) is 0 Å². The molecule has 1 saturated heterocycles. The second-order valence-corrected chi connectivity index (χ2v) is 6.71. The number of nitrogens with zero attached hydrogens (tertiary/aromatic N) is 1. The number of hydrogen-bond donors (Lipinski definition) is 1. The number of fused-ring (bicyclic) bond motifs is 2. The molecule has 0 aromatic heterocycles. The lowest BCUT2D eigenvalue weighted by Gasteiger charge is -2.38. The van der Waals surface area contributed by atoms with Crippen LogP contribution in [0.15, 0.2) is 48.5 Å². The van der Waals surface area contributed by atoms with E-state index in [4.69, 9.17) is 4.74 Å². The van der Waals surface area contributed by atoms with Crippen LogP contribution in [0.2, 0.25) is 0 Å². The fourth-order valence-electron chi connectivity index (χ4n) is 3.95. The van der Waals surface area contributed by atoms with E-state index in [0.717, 1.165) is 49.5 Å². The molecule has 2 aliphatic heterocycles. The van der Waals surface area contributed by atoms with Crippen LogP contribution < -0.4 is 10.1 Å². The number of amides is 1. The number of rotatable bonds is 3. The largest absolute Gasteiger partial charge is 0.497 e. The number of likely N-dealkylation sites (tertiary alicyclic amines) is 1. The van der Waals surface area contributed by atoms with Gasteiger partial charge in [-0.2, -0.15) is 0 Å². The van der Waals surface area contributed by atoms with E-state index in [9.17, 15) is 4.79 Å². The molecule has 2 aromatic rings. The zero-order chi connectivity index (χ0) is 16.6. The monoisotopic (exact) mass is 322 g/mol. The fraction of sp³-hybridized carbons (Fsp3) is 0.350. The molecule has 0 aliphatic carbocycles. The van der Waals surface area contributed by atoms with Crippen LogP contribution >= 0.6 is 0 Å². The summed E-state index contributed by atoms with van der Waals surface area (Å²) in [6, 6.07) is 16.4. The van der Waals surface area contributed by atoms with Gasteiger partial charge in [0.15, 0.2) is 0 Å². The van der Waals surface area contributed by atoms with Gasteiger partial charge in [-0.25, -0.2) is 0 Å². The molecule has 2 aromatic carbocycles. The third-order valence-corrected chi connectivity index (χ3v) is 5.38. The van der Waals surface area contributed by atoms with E-state index >= 15 is 0 Å². The highest BCUT2D eigenvalue weighted by molar-refractivity contribution is 6.06. The van der Waals surface area contributed by atoms with Gasteiger partial charge in [0.2, 0.25) is 5.91 Å². The Morgan fingerprint density at radius 2 is 1.88 bits per heavy atom. The molecular weight excluding hydrogens is 300 g/mol. The van der Waals surface area contributed by atoms with Crippen molar-refractivity contribution in [1.82, 2.24) is 4.90 Å². The summed E-state index contributed by atoms with van der Waals surface area (Å²) in [6.45, 7) is 2.81. The molecule has 1 spiro atoms. The van der Waals surface area contributed by atoms with Crippen molar-refractivity contribution in [1.29, 1.82) is 0 Å². The smallest absolute Gasteiger partial charge is 0.235 e. The Balaban J connectivity index is 1.53. The molecule has 1 fully saturated rings. The highest BCUT2D eigenvalue weighted by atomic mass is 16.5. The number of hydrogen-bond acceptors (Lipinski definition) is 3. The number of anilines is 1. The van der Waals surface area contributed by atoms with Crippen molar-refractivity contribution >= 4 is 11.6 Å². The number of methoxy groups -OCH3 is 1. The summed E-state index contributed by atoms with van der Waals surface area (Å²) in [4.78, 5) is 15.1. The van der Waals surface area contributed by atoms with E-state index in [0.29, 0.717) is 0 Å². The van der Waals surface area contributed by atoms with Gasteiger partial charge in [0.05, 0.1) is 12.5 Å². The Morgan fingerprint density at radius 1 is 1.12 bits per heavy atom. The zero-order valence-electron chi connectivity index (χ0n) is 13.9. The average molecular weight is 322 g/mol. The lowest BCUT2D eigenvalue weighted by Crippen LogP contribution is -2.46. The van der Waals surface area contributed by atoms with Crippen molar-refractivity contribution in [3.05, 3.63) is 59.7 Å². The number of nitrogens with one attached hydrogen (secondary N) is 1. The lowest BCUT2D eigenvalue weighted by atomic mass is 9.73. The molecule has 4 nitrogen and oxygen atoms in total. The van der Waals surface area contributed by atoms with Crippen molar-refractivity contribution in [3.8, 4) is 5.75 Å². The van der Waals surface area contributed by atoms with Gasteiger partial charge in [-0.1, -0.05) is 30.3 Å². The Labute approximate surface area is 142 Å². The van der Waals surface area contributed by atoms with Crippen molar-refractivity contribution in [2.24, 2.45) is 0 Å². The summed E-state index contributed by atoms with van der Waals surface area (Å²) >= 11 is 0. The molecule has 0 radical (unpaired) electrons. The van der Waals surface area contributed by atoms with Crippen molar-refractivity contribution < 1.29 is 9.53 Å². The highest BCUT2D eigenvalue weighted by Crippen LogP contribution is 2.46. The first-order valence-electron chi connectivity index (χ1n) is 8.47. The quantitative estimate of drug-likeness (QED) is 0.943. The highest BCUT2D eigenvalue weighted by Gasteiger charge is 2.48. The predicted molar refractivity (Wildman–Crippen MR) is 94.3 cm³/mol. The molecule has 4 rings (SSSR count). The van der Waals surface area contributed by atoms with Gasteiger partial charge in [0, 0.05) is 12.2 Å². The maximum absolute atomic E-state index is 12.7. The molecule has 124 valence electrons. The van der Waals surface area contributed by atoms with Crippen molar-refractivity contribution in [3.63, 3.8) is 0 Å². The van der Waals surface area contributed by atoms with E-state index in [-0.39, 0.29) is 5.91 Å². The number of ether oxygens (including phenoxy) is 1. The van der Waals surface area contributed by atoms with E-state index < -0.39 is 5.41 Å².